The van der Waals surface area contributed by atoms with Gasteiger partial charge in [-0.3, -0.25) is 4.98 Å². The number of benzene rings is 1. The van der Waals surface area contributed by atoms with Gasteiger partial charge in [0.05, 0.1) is 26.6 Å². The third-order valence-electron chi connectivity index (χ3n) is 2.45. The first kappa shape index (κ1) is 13.7. The highest BCUT2D eigenvalue weighted by Crippen LogP contribution is 2.22. The molecular weight excluding hydrogens is 265 g/mol. The molecule has 0 atom stereocenters. The van der Waals surface area contributed by atoms with E-state index in [4.69, 9.17) is 4.74 Å². The largest absolute Gasteiger partial charge is 0.494 e. The lowest BCUT2D eigenvalue weighted by atomic mass is 10.3. The van der Waals surface area contributed by atoms with Crippen molar-refractivity contribution in [1.82, 2.24) is 9.97 Å². The molecule has 0 aliphatic rings. The van der Waals surface area contributed by atoms with Gasteiger partial charge in [0.25, 0.3) is 0 Å². The minimum absolute atomic E-state index is 0.0616. The number of nitrogens with one attached hydrogen (secondary N) is 1. The summed E-state index contributed by atoms with van der Waals surface area (Å²) in [5.41, 5.74) is 0.520. The van der Waals surface area contributed by atoms with E-state index in [1.807, 2.05) is 0 Å². The quantitative estimate of drug-likeness (QED) is 0.863. The second-order valence-electron chi connectivity index (χ2n) is 3.76. The van der Waals surface area contributed by atoms with Crippen LogP contribution in [-0.2, 0) is 4.74 Å². The Morgan fingerprint density at radius 2 is 2.10 bits per heavy atom. The third kappa shape index (κ3) is 3.00. The van der Waals surface area contributed by atoms with E-state index in [0.717, 1.165) is 0 Å². The fourth-order valence-electron chi connectivity index (χ4n) is 1.52. The lowest BCUT2D eigenvalue weighted by Crippen LogP contribution is -2.06. The number of halogens is 1. The van der Waals surface area contributed by atoms with Crippen molar-refractivity contribution in [3.05, 3.63) is 42.1 Å². The van der Waals surface area contributed by atoms with Crippen LogP contribution < -0.4 is 10.1 Å². The summed E-state index contributed by atoms with van der Waals surface area (Å²) in [6.07, 6.45) is 2.69. The highest BCUT2D eigenvalue weighted by molar-refractivity contribution is 5.87. The van der Waals surface area contributed by atoms with Crippen molar-refractivity contribution in [3.8, 4) is 5.75 Å². The van der Waals surface area contributed by atoms with E-state index in [0.29, 0.717) is 11.5 Å². The molecule has 0 bridgehead atoms. The molecule has 1 aromatic heterocycles. The van der Waals surface area contributed by atoms with Gasteiger partial charge in [0.1, 0.15) is 5.82 Å². The summed E-state index contributed by atoms with van der Waals surface area (Å²) in [6, 6.07) is 4.36. The topological polar surface area (TPSA) is 73.3 Å². The average Bonchev–Trinajstić information content (AvgIpc) is 2.47. The van der Waals surface area contributed by atoms with Gasteiger partial charge in [0.15, 0.2) is 17.3 Å². The number of aromatic nitrogens is 2. The van der Waals surface area contributed by atoms with Crippen LogP contribution in [0.3, 0.4) is 0 Å². The molecule has 0 aliphatic carbocycles. The maximum absolute atomic E-state index is 13.5. The summed E-state index contributed by atoms with van der Waals surface area (Å²) in [4.78, 5) is 19.2. The fourth-order valence-corrected chi connectivity index (χ4v) is 1.52. The molecule has 0 saturated carbocycles. The van der Waals surface area contributed by atoms with Crippen LogP contribution in [-0.4, -0.2) is 30.2 Å². The van der Waals surface area contributed by atoms with Crippen molar-refractivity contribution >= 4 is 17.5 Å². The first-order valence-electron chi connectivity index (χ1n) is 5.65. The van der Waals surface area contributed by atoms with Gasteiger partial charge in [0, 0.05) is 11.8 Å². The second kappa shape index (κ2) is 5.96. The van der Waals surface area contributed by atoms with Gasteiger partial charge in [-0.25, -0.2) is 14.2 Å². The molecule has 0 amide bonds. The van der Waals surface area contributed by atoms with Gasteiger partial charge in [-0.1, -0.05) is 0 Å². The van der Waals surface area contributed by atoms with Gasteiger partial charge < -0.3 is 14.8 Å². The maximum Gasteiger partial charge on any atom is 0.358 e. The predicted molar refractivity (Wildman–Crippen MR) is 69.6 cm³/mol. The monoisotopic (exact) mass is 277 g/mol. The molecule has 0 fully saturated rings. The number of esters is 1. The maximum atomic E-state index is 13.5. The Hall–Kier alpha value is -2.70. The number of hydrogen-bond donors (Lipinski definition) is 1. The van der Waals surface area contributed by atoms with E-state index in [1.54, 1.807) is 6.07 Å². The van der Waals surface area contributed by atoms with Crippen molar-refractivity contribution in [1.29, 1.82) is 0 Å². The zero-order valence-corrected chi connectivity index (χ0v) is 10.9. The van der Waals surface area contributed by atoms with Crippen LogP contribution in [0.5, 0.6) is 5.75 Å². The van der Waals surface area contributed by atoms with Crippen LogP contribution in [0.2, 0.25) is 0 Å². The lowest BCUT2D eigenvalue weighted by Gasteiger charge is -2.08. The summed E-state index contributed by atoms with van der Waals surface area (Å²) in [5, 5.41) is 2.84. The molecule has 0 unspecified atom stereocenters. The van der Waals surface area contributed by atoms with Crippen LogP contribution in [0, 0.1) is 5.82 Å². The van der Waals surface area contributed by atoms with E-state index in [1.165, 1.54) is 38.7 Å². The normalized spacial score (nSPS) is 9.95. The van der Waals surface area contributed by atoms with Gasteiger partial charge in [-0.15, -0.1) is 0 Å². The minimum Gasteiger partial charge on any atom is -0.494 e. The molecule has 104 valence electrons. The molecule has 0 radical (unpaired) electrons. The van der Waals surface area contributed by atoms with Crippen molar-refractivity contribution < 1.29 is 18.7 Å². The molecule has 0 spiro atoms. The van der Waals surface area contributed by atoms with Crippen molar-refractivity contribution in [2.24, 2.45) is 0 Å². The molecule has 1 heterocycles. The van der Waals surface area contributed by atoms with Crippen LogP contribution in [0.15, 0.2) is 30.6 Å². The highest BCUT2D eigenvalue weighted by atomic mass is 19.1. The number of methoxy groups -OCH3 is 2. The Balaban J connectivity index is 2.21. The van der Waals surface area contributed by atoms with Gasteiger partial charge in [-0.2, -0.15) is 0 Å². The number of anilines is 2. The first-order valence-corrected chi connectivity index (χ1v) is 5.65. The summed E-state index contributed by atoms with van der Waals surface area (Å²) >= 11 is 0. The van der Waals surface area contributed by atoms with Crippen LogP contribution >= 0.6 is 0 Å². The number of nitrogens with zero attached hydrogens (tertiary/aromatic N) is 2. The summed E-state index contributed by atoms with van der Waals surface area (Å²) in [5.74, 6) is -0.654. The van der Waals surface area contributed by atoms with E-state index in [2.05, 4.69) is 20.0 Å². The second-order valence-corrected chi connectivity index (χ2v) is 3.76. The van der Waals surface area contributed by atoms with E-state index < -0.39 is 11.8 Å². The molecule has 20 heavy (non-hydrogen) atoms. The van der Waals surface area contributed by atoms with Crippen molar-refractivity contribution in [3.63, 3.8) is 0 Å². The van der Waals surface area contributed by atoms with Crippen LogP contribution in [0.1, 0.15) is 10.5 Å². The van der Waals surface area contributed by atoms with Crippen LogP contribution in [0.4, 0.5) is 15.9 Å². The fraction of sp³-hybridized carbons (Fsp3) is 0.154. The zero-order valence-electron chi connectivity index (χ0n) is 10.9. The number of rotatable bonds is 4. The Bertz CT molecular complexity index is 634. The summed E-state index contributed by atoms with van der Waals surface area (Å²) in [7, 11) is 2.64. The van der Waals surface area contributed by atoms with Gasteiger partial charge >= 0.3 is 5.97 Å². The Morgan fingerprint density at radius 1 is 1.30 bits per heavy atom. The number of carbonyl (C=O) groups excluding carboxylic acids is 1. The molecule has 2 aromatic rings. The Labute approximate surface area is 114 Å². The van der Waals surface area contributed by atoms with E-state index >= 15 is 0 Å². The van der Waals surface area contributed by atoms with E-state index in [9.17, 15) is 9.18 Å². The van der Waals surface area contributed by atoms with E-state index in [-0.39, 0.29) is 11.4 Å². The lowest BCUT2D eigenvalue weighted by molar-refractivity contribution is 0.0593. The molecule has 7 heteroatoms. The molecule has 1 N–H and O–H groups in total. The first-order chi connectivity index (χ1) is 9.63. The van der Waals surface area contributed by atoms with Crippen molar-refractivity contribution in [2.75, 3.05) is 19.5 Å². The van der Waals surface area contributed by atoms with Gasteiger partial charge in [0.2, 0.25) is 0 Å². The zero-order chi connectivity index (χ0) is 14.5. The predicted octanol–water partition coefficient (Wildman–Crippen LogP) is 2.15. The Kier molecular flexibility index (Phi) is 4.09. The number of hydrogen-bond acceptors (Lipinski definition) is 6. The standard InChI is InChI=1S/C13H12FN3O3/c1-19-11-4-3-8(5-9(11)14)16-12-7-15-6-10(17-12)13(18)20-2/h3-7H,1-2H3,(H,16,17). The number of carbonyl (C=O) groups is 1. The Morgan fingerprint density at radius 3 is 2.75 bits per heavy atom. The smallest absolute Gasteiger partial charge is 0.358 e. The molecule has 1 aromatic carbocycles. The molecule has 2 rings (SSSR count). The molecular formula is C13H12FN3O3. The van der Waals surface area contributed by atoms with Gasteiger partial charge in [-0.05, 0) is 12.1 Å². The molecule has 0 saturated heterocycles. The average molecular weight is 277 g/mol. The summed E-state index contributed by atoms with van der Waals surface area (Å²) in [6.45, 7) is 0. The molecule has 6 nitrogen and oxygen atoms in total. The number of ether oxygens (including phenoxy) is 2. The third-order valence-corrected chi connectivity index (χ3v) is 2.45. The highest BCUT2D eigenvalue weighted by Gasteiger charge is 2.09. The molecule has 0 aliphatic heterocycles. The van der Waals surface area contributed by atoms with Crippen LogP contribution in [0.25, 0.3) is 0 Å². The van der Waals surface area contributed by atoms with Crippen molar-refractivity contribution in [2.45, 2.75) is 0 Å². The summed E-state index contributed by atoms with van der Waals surface area (Å²) < 4.78 is 22.9. The minimum atomic E-state index is -0.595. The SMILES string of the molecule is COC(=O)c1cncc(Nc2ccc(OC)c(F)c2)n1.